The molecule has 0 saturated heterocycles. The molecule has 1 unspecified atom stereocenters. The van der Waals surface area contributed by atoms with E-state index in [0.717, 1.165) is 0 Å². The smallest absolute Gasteiger partial charge is 0.419 e. The molecule has 0 radical (unpaired) electrons. The van der Waals surface area contributed by atoms with Crippen LogP contribution in [-0.2, 0) is 16.1 Å². The van der Waals surface area contributed by atoms with Crippen LogP contribution in [0.15, 0.2) is 57.7 Å². The van der Waals surface area contributed by atoms with E-state index >= 15 is 0 Å². The zero-order chi connectivity index (χ0) is 20.1. The highest BCUT2D eigenvalue weighted by atomic mass is 16.5. The number of hydrogen-bond donors (Lipinski definition) is 0. The molecule has 3 aromatic rings. The molecule has 146 valence electrons. The lowest BCUT2D eigenvalue weighted by molar-refractivity contribution is -0.146. The monoisotopic (exact) mass is 383 g/mol. The maximum absolute atomic E-state index is 12.4. The number of nitrogens with zero attached hydrogens (tertiary/aromatic N) is 1. The Morgan fingerprint density at radius 1 is 1.11 bits per heavy atom. The van der Waals surface area contributed by atoms with E-state index in [1.165, 1.54) is 4.57 Å². The van der Waals surface area contributed by atoms with Gasteiger partial charge in [-0.1, -0.05) is 12.1 Å². The number of esters is 1. The van der Waals surface area contributed by atoms with Gasteiger partial charge in [-0.05, 0) is 49.7 Å². The molecule has 7 nitrogen and oxygen atoms in total. The molecule has 1 heterocycles. The van der Waals surface area contributed by atoms with E-state index in [4.69, 9.17) is 13.9 Å². The molecule has 0 spiro atoms. The summed E-state index contributed by atoms with van der Waals surface area (Å²) in [4.78, 5) is 36.3. The molecule has 0 aliphatic carbocycles. The summed E-state index contributed by atoms with van der Waals surface area (Å²) in [5, 5.41) is 0. The van der Waals surface area contributed by atoms with Gasteiger partial charge in [0.05, 0.1) is 12.6 Å². The molecule has 2 aromatic carbocycles. The van der Waals surface area contributed by atoms with Gasteiger partial charge in [-0.3, -0.25) is 14.2 Å². The number of aromatic nitrogens is 1. The fourth-order valence-electron chi connectivity index (χ4n) is 2.91. The summed E-state index contributed by atoms with van der Waals surface area (Å²) < 4.78 is 16.9. The minimum atomic E-state index is -0.890. The van der Waals surface area contributed by atoms with Crippen molar-refractivity contribution in [3.05, 3.63) is 64.6 Å². The molecule has 0 N–H and O–H groups in total. The number of Topliss-reactive ketones (excluding diaryl/α,β-unsaturated/α-hetero) is 1. The summed E-state index contributed by atoms with van der Waals surface area (Å²) >= 11 is 0. The average molecular weight is 383 g/mol. The quantitative estimate of drug-likeness (QED) is 0.438. The van der Waals surface area contributed by atoms with Crippen molar-refractivity contribution in [3.8, 4) is 5.75 Å². The third kappa shape index (κ3) is 4.31. The average Bonchev–Trinajstić information content (AvgIpc) is 3.02. The number of aryl methyl sites for hydroxylation is 1. The predicted octanol–water partition coefficient (Wildman–Crippen LogP) is 3.20. The Morgan fingerprint density at radius 2 is 1.82 bits per heavy atom. The molecular weight excluding hydrogens is 362 g/mol. The Labute approximate surface area is 161 Å². The molecule has 0 aliphatic heterocycles. The first kappa shape index (κ1) is 19.4. The lowest BCUT2D eigenvalue weighted by Crippen LogP contribution is -2.24. The third-order valence-corrected chi connectivity index (χ3v) is 4.39. The van der Waals surface area contributed by atoms with Crippen LogP contribution in [0.2, 0.25) is 0 Å². The van der Waals surface area contributed by atoms with Gasteiger partial charge in [-0.15, -0.1) is 0 Å². The van der Waals surface area contributed by atoms with Gasteiger partial charge in [0.15, 0.2) is 11.7 Å². The topological polar surface area (TPSA) is 87.7 Å². The summed E-state index contributed by atoms with van der Waals surface area (Å²) in [7, 11) is 1.54. The molecular formula is C21H21NO6. The Kier molecular flexibility index (Phi) is 5.93. The largest absolute Gasteiger partial charge is 0.497 e. The summed E-state index contributed by atoms with van der Waals surface area (Å²) in [5.74, 6) is -0.593. The van der Waals surface area contributed by atoms with E-state index in [2.05, 4.69) is 0 Å². The molecule has 3 rings (SSSR count). The van der Waals surface area contributed by atoms with Crippen LogP contribution in [0.4, 0.5) is 0 Å². The number of rotatable bonds is 8. The van der Waals surface area contributed by atoms with Gasteiger partial charge < -0.3 is 13.9 Å². The Hall–Kier alpha value is -3.35. The molecule has 1 aromatic heterocycles. The number of benzene rings is 2. The van der Waals surface area contributed by atoms with Crippen LogP contribution in [0, 0.1) is 0 Å². The standard InChI is InChI=1S/C21H21NO6/c1-14(20(24)15-9-11-16(26-2)12-10-15)27-19(23)8-5-13-22-17-6-3-4-7-18(17)28-21(22)25/h3-4,6-7,9-12,14H,5,8,13H2,1-2H3. The highest BCUT2D eigenvalue weighted by molar-refractivity contribution is 6.00. The van der Waals surface area contributed by atoms with E-state index in [9.17, 15) is 14.4 Å². The normalized spacial score (nSPS) is 11.9. The third-order valence-electron chi connectivity index (χ3n) is 4.39. The van der Waals surface area contributed by atoms with Gasteiger partial charge >= 0.3 is 11.7 Å². The first-order chi connectivity index (χ1) is 13.5. The van der Waals surface area contributed by atoms with Crippen molar-refractivity contribution in [1.29, 1.82) is 0 Å². The second-order valence-electron chi connectivity index (χ2n) is 6.32. The van der Waals surface area contributed by atoms with Crippen molar-refractivity contribution in [1.82, 2.24) is 4.57 Å². The Morgan fingerprint density at radius 3 is 2.54 bits per heavy atom. The van der Waals surface area contributed by atoms with Gasteiger partial charge in [0.1, 0.15) is 5.75 Å². The Bertz CT molecular complexity index is 1030. The molecule has 0 fully saturated rings. The maximum Gasteiger partial charge on any atom is 0.419 e. The first-order valence-corrected chi connectivity index (χ1v) is 8.95. The number of methoxy groups -OCH3 is 1. The van der Waals surface area contributed by atoms with Crippen molar-refractivity contribution in [2.45, 2.75) is 32.4 Å². The van der Waals surface area contributed by atoms with Crippen molar-refractivity contribution >= 4 is 22.9 Å². The minimum Gasteiger partial charge on any atom is -0.497 e. The van der Waals surface area contributed by atoms with Crippen molar-refractivity contribution in [3.63, 3.8) is 0 Å². The SMILES string of the molecule is COc1ccc(C(=O)C(C)OC(=O)CCCn2c(=O)oc3ccccc32)cc1. The van der Waals surface area contributed by atoms with Gasteiger partial charge in [0, 0.05) is 18.5 Å². The summed E-state index contributed by atoms with van der Waals surface area (Å²) in [6, 6.07) is 13.7. The minimum absolute atomic E-state index is 0.0895. The second-order valence-corrected chi connectivity index (χ2v) is 6.32. The predicted molar refractivity (Wildman–Crippen MR) is 103 cm³/mol. The summed E-state index contributed by atoms with van der Waals surface area (Å²) in [5.41, 5.74) is 1.63. The lowest BCUT2D eigenvalue weighted by atomic mass is 10.1. The van der Waals surface area contributed by atoms with E-state index in [0.29, 0.717) is 35.4 Å². The van der Waals surface area contributed by atoms with Crippen LogP contribution >= 0.6 is 0 Å². The number of carbonyl (C=O) groups is 2. The second kappa shape index (κ2) is 8.56. The molecule has 0 bridgehead atoms. The van der Waals surface area contributed by atoms with E-state index in [1.54, 1.807) is 56.5 Å². The van der Waals surface area contributed by atoms with Gasteiger partial charge in [-0.2, -0.15) is 0 Å². The Balaban J connectivity index is 1.52. The maximum atomic E-state index is 12.4. The lowest BCUT2D eigenvalue weighted by Gasteiger charge is -2.12. The molecule has 1 atom stereocenters. The number of ether oxygens (including phenoxy) is 2. The van der Waals surface area contributed by atoms with E-state index < -0.39 is 17.8 Å². The number of oxazole rings is 1. The van der Waals surface area contributed by atoms with Gasteiger partial charge in [-0.25, -0.2) is 4.79 Å². The number of ketones is 1. The van der Waals surface area contributed by atoms with Crippen LogP contribution < -0.4 is 10.5 Å². The fraction of sp³-hybridized carbons (Fsp3) is 0.286. The number of hydrogen-bond acceptors (Lipinski definition) is 6. The zero-order valence-corrected chi connectivity index (χ0v) is 15.7. The van der Waals surface area contributed by atoms with Gasteiger partial charge in [0.2, 0.25) is 5.78 Å². The fourth-order valence-corrected chi connectivity index (χ4v) is 2.91. The summed E-state index contributed by atoms with van der Waals surface area (Å²) in [6.07, 6.45) is -0.406. The molecule has 7 heteroatoms. The molecule has 28 heavy (non-hydrogen) atoms. The van der Waals surface area contributed by atoms with Crippen LogP contribution in [0.1, 0.15) is 30.1 Å². The van der Waals surface area contributed by atoms with Crippen molar-refractivity contribution in [2.24, 2.45) is 0 Å². The van der Waals surface area contributed by atoms with Crippen LogP contribution in [0.25, 0.3) is 11.1 Å². The van der Waals surface area contributed by atoms with Crippen molar-refractivity contribution in [2.75, 3.05) is 7.11 Å². The highest BCUT2D eigenvalue weighted by Gasteiger charge is 2.19. The molecule has 0 amide bonds. The van der Waals surface area contributed by atoms with Crippen LogP contribution in [0.5, 0.6) is 5.75 Å². The molecule has 0 aliphatic rings. The van der Waals surface area contributed by atoms with E-state index in [1.807, 2.05) is 6.07 Å². The molecule has 0 saturated carbocycles. The number of carbonyl (C=O) groups excluding carboxylic acids is 2. The number of fused-ring (bicyclic) bond motifs is 1. The van der Waals surface area contributed by atoms with Gasteiger partial charge in [0.25, 0.3) is 0 Å². The van der Waals surface area contributed by atoms with Crippen molar-refractivity contribution < 1.29 is 23.5 Å². The summed E-state index contributed by atoms with van der Waals surface area (Å²) in [6.45, 7) is 1.87. The zero-order valence-electron chi connectivity index (χ0n) is 15.7. The van der Waals surface area contributed by atoms with E-state index in [-0.39, 0.29) is 12.2 Å². The van der Waals surface area contributed by atoms with Crippen LogP contribution in [-0.4, -0.2) is 29.5 Å². The van der Waals surface area contributed by atoms with Crippen LogP contribution in [0.3, 0.4) is 0 Å². The highest BCUT2D eigenvalue weighted by Crippen LogP contribution is 2.15. The first-order valence-electron chi connectivity index (χ1n) is 8.95. The number of para-hydroxylation sites is 2.